The largest absolute Gasteiger partial charge is 0.370 e. The molecule has 21 nitrogen and oxygen atoms in total. The topological polar surface area (TPSA) is 366 Å². The number of guanidine groups is 1. The number of aromatic nitrogens is 2. The molecule has 0 aliphatic rings. The summed E-state index contributed by atoms with van der Waals surface area (Å²) in [7, 11) is 0. The molecule has 4 rings (SSSR count). The third kappa shape index (κ3) is 21.2. The number of nitrogens with one attached hydrogen (secondary N) is 8. The summed E-state index contributed by atoms with van der Waals surface area (Å²) in [6.07, 6.45) is 14.3. The SMILES string of the molecule is CCCCCCCCCC(=O)N[C@@H](CCCN=C(N)N)C(=O)N[C@H](C(=O)N[C@@H](CCCCN)C(=O)N[C@@H](Cc1c[nH]c2ccccc12)C(=O)N[C@@H](Cc1c[nH]c2ccccc12)C(=O)N[C@@H](CCCCN)C(N)=O)[C@@H](C)CC. The van der Waals surface area contributed by atoms with Crippen LogP contribution in [0.5, 0.6) is 0 Å². The quantitative estimate of drug-likeness (QED) is 0.0175. The van der Waals surface area contributed by atoms with Gasteiger partial charge in [-0.05, 0) is 100 Å². The number of aliphatic imine (C=N–C) groups is 1. The molecule has 0 saturated heterocycles. The van der Waals surface area contributed by atoms with Crippen LogP contribution < -0.4 is 60.6 Å². The molecule has 7 amide bonds. The summed E-state index contributed by atoms with van der Waals surface area (Å²) in [6, 6.07) is 8.05. The number of para-hydroxylation sites is 2. The van der Waals surface area contributed by atoms with E-state index < -0.39 is 77.6 Å². The van der Waals surface area contributed by atoms with Crippen LogP contribution in [0.3, 0.4) is 0 Å². The molecule has 0 saturated carbocycles. The van der Waals surface area contributed by atoms with Gasteiger partial charge in [-0.3, -0.25) is 38.6 Å². The van der Waals surface area contributed by atoms with E-state index in [1.165, 1.54) is 6.42 Å². The van der Waals surface area contributed by atoms with E-state index >= 15 is 0 Å². The molecule has 0 aliphatic heterocycles. The van der Waals surface area contributed by atoms with Crippen molar-refractivity contribution in [3.63, 3.8) is 0 Å². The fourth-order valence-corrected chi connectivity index (χ4v) is 9.32. The summed E-state index contributed by atoms with van der Waals surface area (Å²) in [5, 5.41) is 18.8. The number of carbonyl (C=O) groups excluding carboxylic acids is 7. The molecule has 21 heteroatoms. The van der Waals surface area contributed by atoms with Crippen LogP contribution >= 0.6 is 0 Å². The van der Waals surface area contributed by atoms with Crippen molar-refractivity contribution in [2.75, 3.05) is 19.6 Å². The highest BCUT2D eigenvalue weighted by Crippen LogP contribution is 2.22. The van der Waals surface area contributed by atoms with E-state index in [2.05, 4.69) is 53.8 Å². The molecule has 0 bridgehead atoms. The standard InChI is InChI=1S/C56H88N14O7/c1-4-6-7-8-9-10-11-28-48(71)65-44(27-20-31-62-56(60)61)52(74)70-49(36(3)5-2)55(77)67-45(26-17-19-30-58)51(73)68-47(33-38-35-64-42-24-15-13-22-40(38)42)54(76)69-46(32-37-34-63-41-23-14-12-21-39(37)41)53(75)66-43(50(59)72)25-16-18-29-57/h12-15,21-24,34-36,43-47,49,63-64H,4-11,16-20,25-33,57-58H2,1-3H3,(H2,59,72)(H,65,71)(H,66,75)(H,67,77)(H,68,73)(H,69,76)(H,70,74)(H4,60,61,62)/t36-,43-,44-,45-,46-,47-,49-/m0/s1. The van der Waals surface area contributed by atoms with Crippen LogP contribution in [0.4, 0.5) is 0 Å². The lowest BCUT2D eigenvalue weighted by molar-refractivity contribution is -0.136. The number of nitrogens with zero attached hydrogens (tertiary/aromatic N) is 1. The Morgan fingerprint density at radius 1 is 0.519 bits per heavy atom. The summed E-state index contributed by atoms with van der Waals surface area (Å²) in [6.45, 7) is 6.76. The number of amides is 7. The van der Waals surface area contributed by atoms with Crippen molar-refractivity contribution in [3.8, 4) is 0 Å². The van der Waals surface area contributed by atoms with Crippen LogP contribution in [0.15, 0.2) is 65.9 Å². The van der Waals surface area contributed by atoms with Gasteiger partial charge in [-0.25, -0.2) is 0 Å². The third-order valence-electron chi connectivity index (χ3n) is 14.0. The Labute approximate surface area is 453 Å². The number of benzene rings is 2. The molecule has 424 valence electrons. The average molecular weight is 1070 g/mol. The molecular formula is C56H88N14O7. The number of fused-ring (bicyclic) bond motifs is 2. The second kappa shape index (κ2) is 33.9. The van der Waals surface area contributed by atoms with E-state index in [0.717, 1.165) is 53.9 Å². The molecule has 7 atom stereocenters. The highest BCUT2D eigenvalue weighted by Gasteiger charge is 2.35. The van der Waals surface area contributed by atoms with Gasteiger partial charge in [0.25, 0.3) is 0 Å². The predicted octanol–water partition coefficient (Wildman–Crippen LogP) is 3.33. The minimum Gasteiger partial charge on any atom is -0.370 e. The second-order valence-corrected chi connectivity index (χ2v) is 20.2. The third-order valence-corrected chi connectivity index (χ3v) is 14.0. The highest BCUT2D eigenvalue weighted by atomic mass is 16.2. The molecular weight excluding hydrogens is 981 g/mol. The van der Waals surface area contributed by atoms with E-state index in [-0.39, 0.29) is 56.9 Å². The van der Waals surface area contributed by atoms with Crippen LogP contribution in [0.25, 0.3) is 21.8 Å². The molecule has 0 radical (unpaired) electrons. The molecule has 0 spiro atoms. The van der Waals surface area contributed by atoms with E-state index in [1.807, 2.05) is 55.5 Å². The van der Waals surface area contributed by atoms with Gasteiger partial charge in [-0.15, -0.1) is 0 Å². The van der Waals surface area contributed by atoms with Gasteiger partial charge >= 0.3 is 0 Å². The molecule has 0 fully saturated rings. The second-order valence-electron chi connectivity index (χ2n) is 20.2. The van der Waals surface area contributed by atoms with Crippen molar-refractivity contribution in [1.82, 2.24) is 41.9 Å². The monoisotopic (exact) mass is 1070 g/mol. The molecule has 2 aromatic carbocycles. The molecule has 77 heavy (non-hydrogen) atoms. The molecule has 2 aromatic heterocycles. The van der Waals surface area contributed by atoms with Gasteiger partial charge in [0, 0.05) is 60.0 Å². The Kier molecular flexibility index (Phi) is 27.5. The average Bonchev–Trinajstić information content (AvgIpc) is 4.03. The zero-order chi connectivity index (χ0) is 56.1. The Bertz CT molecular complexity index is 2520. The summed E-state index contributed by atoms with van der Waals surface area (Å²) in [4.78, 5) is 109. The fourth-order valence-electron chi connectivity index (χ4n) is 9.32. The minimum atomic E-state index is -1.31. The number of aromatic amines is 2. The summed E-state index contributed by atoms with van der Waals surface area (Å²) < 4.78 is 0. The maximum Gasteiger partial charge on any atom is 0.243 e. The number of primary amides is 1. The maximum atomic E-state index is 14.9. The number of hydrogen-bond acceptors (Lipinski definition) is 10. The number of H-pyrrole nitrogens is 2. The van der Waals surface area contributed by atoms with Crippen molar-refractivity contribution in [1.29, 1.82) is 0 Å². The number of rotatable bonds is 38. The fraction of sp³-hybridized carbons (Fsp3) is 0.571. The Hall–Kier alpha value is -7.00. The smallest absolute Gasteiger partial charge is 0.243 e. The molecule has 0 aliphatic carbocycles. The van der Waals surface area contributed by atoms with Crippen molar-refractivity contribution >= 4 is 69.1 Å². The molecule has 4 aromatic rings. The first-order valence-electron chi connectivity index (χ1n) is 27.8. The van der Waals surface area contributed by atoms with Gasteiger partial charge < -0.3 is 70.5 Å². The van der Waals surface area contributed by atoms with Crippen LogP contribution in [0.2, 0.25) is 0 Å². The normalized spacial score (nSPS) is 14.0. The number of unbranched alkanes of at least 4 members (excludes halogenated alkanes) is 8. The zero-order valence-electron chi connectivity index (χ0n) is 45.6. The highest BCUT2D eigenvalue weighted by molar-refractivity contribution is 5.98. The lowest BCUT2D eigenvalue weighted by Gasteiger charge is -2.29. The van der Waals surface area contributed by atoms with Crippen LogP contribution in [-0.4, -0.2) is 113 Å². The lowest BCUT2D eigenvalue weighted by Crippen LogP contribution is -2.61. The lowest BCUT2D eigenvalue weighted by atomic mass is 9.96. The number of carbonyl (C=O) groups is 7. The van der Waals surface area contributed by atoms with Crippen molar-refractivity contribution in [2.24, 2.45) is 39.6 Å². The Morgan fingerprint density at radius 3 is 1.49 bits per heavy atom. The number of hydrogen-bond donors (Lipinski definition) is 13. The van der Waals surface area contributed by atoms with E-state index in [4.69, 9.17) is 28.7 Å². The molecule has 18 N–H and O–H groups in total. The van der Waals surface area contributed by atoms with E-state index in [0.29, 0.717) is 69.2 Å². The predicted molar refractivity (Wildman–Crippen MR) is 303 cm³/mol. The Balaban J connectivity index is 1.63. The van der Waals surface area contributed by atoms with Gasteiger partial charge in [0.05, 0.1) is 0 Å². The van der Waals surface area contributed by atoms with Crippen molar-refractivity contribution in [2.45, 2.75) is 179 Å². The van der Waals surface area contributed by atoms with E-state index in [1.54, 1.807) is 19.3 Å². The summed E-state index contributed by atoms with van der Waals surface area (Å²) >= 11 is 0. The van der Waals surface area contributed by atoms with E-state index in [9.17, 15) is 33.6 Å². The van der Waals surface area contributed by atoms with Crippen molar-refractivity contribution in [3.05, 3.63) is 72.1 Å². The summed E-state index contributed by atoms with van der Waals surface area (Å²) in [5.41, 5.74) is 31.5. The molecule has 0 unspecified atom stereocenters. The number of nitrogens with two attached hydrogens (primary N) is 5. The molecule has 2 heterocycles. The minimum absolute atomic E-state index is 0.00408. The first-order chi connectivity index (χ1) is 37.1. The van der Waals surface area contributed by atoms with Gasteiger partial charge in [-0.1, -0.05) is 102 Å². The van der Waals surface area contributed by atoms with Crippen molar-refractivity contribution < 1.29 is 33.6 Å². The van der Waals surface area contributed by atoms with Crippen LogP contribution in [0, 0.1) is 5.92 Å². The van der Waals surface area contributed by atoms with Crippen LogP contribution in [0.1, 0.15) is 141 Å². The van der Waals surface area contributed by atoms with Gasteiger partial charge in [-0.2, -0.15) is 0 Å². The van der Waals surface area contributed by atoms with Gasteiger partial charge in [0.1, 0.15) is 36.3 Å². The van der Waals surface area contributed by atoms with Crippen LogP contribution in [-0.2, 0) is 46.4 Å². The Morgan fingerprint density at radius 2 is 0.974 bits per heavy atom. The van der Waals surface area contributed by atoms with Gasteiger partial charge in [0.15, 0.2) is 5.96 Å². The summed E-state index contributed by atoms with van der Waals surface area (Å²) in [5.74, 6) is -4.83. The maximum absolute atomic E-state index is 14.9. The first kappa shape index (κ1) is 62.5. The van der Waals surface area contributed by atoms with Gasteiger partial charge in [0.2, 0.25) is 41.4 Å². The first-order valence-corrected chi connectivity index (χ1v) is 27.8. The zero-order valence-corrected chi connectivity index (χ0v) is 45.6.